The number of nitrogens with zero attached hydrogens (tertiary/aromatic N) is 1. The highest BCUT2D eigenvalue weighted by Gasteiger charge is 2.23. The Morgan fingerprint density at radius 3 is 2.50 bits per heavy atom. The maximum absolute atomic E-state index is 11.2. The lowest BCUT2D eigenvalue weighted by atomic mass is 10.0. The van der Waals surface area contributed by atoms with Crippen LogP contribution in [0.1, 0.15) is 18.6 Å². The fraction of sp³-hybridized carbons (Fsp3) is 0.417. The minimum atomic E-state index is -1.20. The first-order valence-electron chi connectivity index (χ1n) is 5.96. The fourth-order valence-electron chi connectivity index (χ4n) is 1.57. The summed E-state index contributed by atoms with van der Waals surface area (Å²) in [6.45, 7) is 1.29. The molecule has 1 aromatic carbocycles. The predicted molar refractivity (Wildman–Crippen MR) is 69.1 cm³/mol. The number of hydrogen-bond acceptors (Lipinski definition) is 6. The molecule has 8 heteroatoms. The highest BCUT2D eigenvalue weighted by molar-refractivity contribution is 5.67. The normalized spacial score (nSPS) is 13.3. The molecule has 0 aromatic heterocycles. The van der Waals surface area contributed by atoms with Crippen LogP contribution in [0.5, 0.6) is 0 Å². The SMILES string of the molecule is CCOC(=O)N[C@@H](CO)[C@@H](O)c1ccc([N+](=O)[O-])cc1. The third kappa shape index (κ3) is 4.18. The van der Waals surface area contributed by atoms with Gasteiger partial charge in [-0.3, -0.25) is 10.1 Å². The number of ether oxygens (including phenoxy) is 1. The number of carbonyl (C=O) groups is 1. The van der Waals surface area contributed by atoms with E-state index in [1.54, 1.807) is 6.92 Å². The van der Waals surface area contributed by atoms with Gasteiger partial charge in [-0.05, 0) is 24.6 Å². The van der Waals surface area contributed by atoms with E-state index in [0.717, 1.165) is 0 Å². The second kappa shape index (κ2) is 7.41. The molecule has 2 atom stereocenters. The third-order valence-electron chi connectivity index (χ3n) is 2.60. The van der Waals surface area contributed by atoms with Crippen LogP contribution in [0.4, 0.5) is 10.5 Å². The summed E-state index contributed by atoms with van der Waals surface area (Å²) in [5.74, 6) is 0. The molecular weight excluding hydrogens is 268 g/mol. The first kappa shape index (κ1) is 15.9. The van der Waals surface area contributed by atoms with Gasteiger partial charge in [-0.2, -0.15) is 0 Å². The summed E-state index contributed by atoms with van der Waals surface area (Å²) in [6.07, 6.45) is -1.96. The number of nitro groups is 1. The number of aliphatic hydroxyl groups excluding tert-OH is 2. The van der Waals surface area contributed by atoms with Crippen molar-refractivity contribution in [2.75, 3.05) is 13.2 Å². The summed E-state index contributed by atoms with van der Waals surface area (Å²) < 4.78 is 4.65. The Morgan fingerprint density at radius 1 is 1.45 bits per heavy atom. The van der Waals surface area contributed by atoms with E-state index >= 15 is 0 Å². The minimum absolute atomic E-state index is 0.111. The van der Waals surface area contributed by atoms with E-state index in [4.69, 9.17) is 0 Å². The van der Waals surface area contributed by atoms with Crippen molar-refractivity contribution >= 4 is 11.8 Å². The summed E-state index contributed by atoms with van der Waals surface area (Å²) in [4.78, 5) is 21.2. The molecule has 8 nitrogen and oxygen atoms in total. The van der Waals surface area contributed by atoms with E-state index in [2.05, 4.69) is 10.1 Å². The molecule has 0 aliphatic heterocycles. The molecule has 20 heavy (non-hydrogen) atoms. The fourth-order valence-corrected chi connectivity index (χ4v) is 1.57. The molecule has 0 fully saturated rings. The predicted octanol–water partition coefficient (Wildman–Crippen LogP) is 0.735. The van der Waals surface area contributed by atoms with Crippen molar-refractivity contribution in [2.24, 2.45) is 0 Å². The minimum Gasteiger partial charge on any atom is -0.450 e. The molecule has 110 valence electrons. The smallest absolute Gasteiger partial charge is 0.407 e. The Morgan fingerprint density at radius 2 is 2.05 bits per heavy atom. The second-order valence-electron chi connectivity index (χ2n) is 3.95. The molecule has 0 aliphatic rings. The topological polar surface area (TPSA) is 122 Å². The second-order valence-corrected chi connectivity index (χ2v) is 3.95. The molecule has 3 N–H and O–H groups in total. The van der Waals surface area contributed by atoms with Gasteiger partial charge >= 0.3 is 6.09 Å². The molecule has 0 radical (unpaired) electrons. The van der Waals surface area contributed by atoms with Gasteiger partial charge in [-0.15, -0.1) is 0 Å². The van der Waals surface area contributed by atoms with Crippen molar-refractivity contribution in [2.45, 2.75) is 19.1 Å². The van der Waals surface area contributed by atoms with Crippen LogP contribution >= 0.6 is 0 Å². The molecule has 0 aliphatic carbocycles. The summed E-state index contributed by atoms with van der Waals surface area (Å²) in [5, 5.41) is 32.0. The van der Waals surface area contributed by atoms with Gasteiger partial charge in [0.2, 0.25) is 0 Å². The van der Waals surface area contributed by atoms with Crippen molar-refractivity contribution in [1.29, 1.82) is 0 Å². The highest BCUT2D eigenvalue weighted by Crippen LogP contribution is 2.20. The van der Waals surface area contributed by atoms with Crippen LogP contribution in [-0.4, -0.2) is 40.5 Å². The van der Waals surface area contributed by atoms with Gasteiger partial charge in [0.1, 0.15) is 6.10 Å². The van der Waals surface area contributed by atoms with Gasteiger partial charge in [0.05, 0.1) is 24.2 Å². The number of nitro benzene ring substituents is 1. The molecule has 0 spiro atoms. The summed E-state index contributed by atoms with van der Waals surface area (Å²) in [6, 6.07) is 4.22. The molecule has 0 saturated heterocycles. The number of alkyl carbamates (subject to hydrolysis) is 1. The Balaban J connectivity index is 2.77. The van der Waals surface area contributed by atoms with Crippen LogP contribution in [0.15, 0.2) is 24.3 Å². The van der Waals surface area contributed by atoms with Gasteiger partial charge in [-0.25, -0.2) is 4.79 Å². The van der Waals surface area contributed by atoms with Crippen molar-refractivity contribution in [3.63, 3.8) is 0 Å². The van der Waals surface area contributed by atoms with Crippen molar-refractivity contribution in [3.05, 3.63) is 39.9 Å². The van der Waals surface area contributed by atoms with Crippen molar-refractivity contribution < 1.29 is 24.7 Å². The van der Waals surface area contributed by atoms with Crippen LogP contribution in [0.2, 0.25) is 0 Å². The number of nitrogens with one attached hydrogen (secondary N) is 1. The Labute approximate surface area is 115 Å². The zero-order valence-corrected chi connectivity index (χ0v) is 10.9. The van der Waals surface area contributed by atoms with Gasteiger partial charge in [-0.1, -0.05) is 0 Å². The number of amides is 1. The lowest BCUT2D eigenvalue weighted by Gasteiger charge is -2.22. The molecule has 0 heterocycles. The van der Waals surface area contributed by atoms with Gasteiger partial charge in [0, 0.05) is 12.1 Å². The van der Waals surface area contributed by atoms with Crippen LogP contribution in [0, 0.1) is 10.1 Å². The lowest BCUT2D eigenvalue weighted by molar-refractivity contribution is -0.384. The average molecular weight is 284 g/mol. The molecular formula is C12H16N2O6. The number of rotatable bonds is 6. The Bertz CT molecular complexity index is 462. The Kier molecular flexibility index (Phi) is 5.88. The van der Waals surface area contributed by atoms with Gasteiger partial charge in [0.25, 0.3) is 5.69 Å². The number of aliphatic hydroxyl groups is 2. The van der Waals surface area contributed by atoms with E-state index in [0.29, 0.717) is 5.56 Å². The summed E-state index contributed by atoms with van der Waals surface area (Å²) in [5.41, 5.74) is 0.228. The van der Waals surface area contributed by atoms with E-state index in [-0.39, 0.29) is 12.3 Å². The van der Waals surface area contributed by atoms with E-state index in [1.807, 2.05) is 0 Å². The molecule has 0 bridgehead atoms. The largest absolute Gasteiger partial charge is 0.450 e. The molecule has 1 rings (SSSR count). The van der Waals surface area contributed by atoms with Gasteiger partial charge in [0.15, 0.2) is 0 Å². The van der Waals surface area contributed by atoms with Crippen LogP contribution < -0.4 is 5.32 Å². The lowest BCUT2D eigenvalue weighted by Crippen LogP contribution is -2.42. The maximum Gasteiger partial charge on any atom is 0.407 e. The Hall–Kier alpha value is -2.19. The van der Waals surface area contributed by atoms with Crippen LogP contribution in [0.3, 0.4) is 0 Å². The zero-order valence-electron chi connectivity index (χ0n) is 10.9. The molecule has 1 aromatic rings. The first-order valence-corrected chi connectivity index (χ1v) is 5.96. The molecule has 0 saturated carbocycles. The van der Waals surface area contributed by atoms with Crippen LogP contribution in [-0.2, 0) is 4.74 Å². The number of non-ortho nitro benzene ring substituents is 1. The average Bonchev–Trinajstić information content (AvgIpc) is 2.44. The number of carbonyl (C=O) groups excluding carboxylic acids is 1. The maximum atomic E-state index is 11.2. The highest BCUT2D eigenvalue weighted by atomic mass is 16.6. The molecule has 0 unspecified atom stereocenters. The first-order chi connectivity index (χ1) is 9.49. The number of benzene rings is 1. The number of hydrogen-bond donors (Lipinski definition) is 3. The summed E-state index contributed by atoms with van der Waals surface area (Å²) >= 11 is 0. The quantitative estimate of drug-likeness (QED) is 0.523. The molecule has 1 amide bonds. The zero-order chi connectivity index (χ0) is 15.1. The van der Waals surface area contributed by atoms with Crippen molar-refractivity contribution in [1.82, 2.24) is 5.32 Å². The third-order valence-corrected chi connectivity index (χ3v) is 2.60. The van der Waals surface area contributed by atoms with Crippen LogP contribution in [0.25, 0.3) is 0 Å². The standard InChI is InChI=1S/C12H16N2O6/c1-2-20-12(17)13-10(7-15)11(16)8-3-5-9(6-4-8)14(18)19/h3-6,10-11,15-16H,2,7H2,1H3,(H,13,17)/t10-,11-/m0/s1. The van der Waals surface area contributed by atoms with Gasteiger partial charge < -0.3 is 20.3 Å². The van der Waals surface area contributed by atoms with E-state index in [1.165, 1.54) is 24.3 Å². The van der Waals surface area contributed by atoms with Crippen molar-refractivity contribution in [3.8, 4) is 0 Å². The van der Waals surface area contributed by atoms with E-state index in [9.17, 15) is 25.1 Å². The monoisotopic (exact) mass is 284 g/mol. The van der Waals surface area contributed by atoms with E-state index < -0.39 is 29.8 Å². The summed E-state index contributed by atoms with van der Waals surface area (Å²) in [7, 11) is 0.